The van der Waals surface area contributed by atoms with E-state index in [1.165, 1.54) is 17.1 Å². The molecule has 3 N–H and O–H groups in total. The molecule has 30 heavy (non-hydrogen) atoms. The second-order valence-corrected chi connectivity index (χ2v) is 7.94. The molecule has 0 aromatic carbocycles. The van der Waals surface area contributed by atoms with Crippen molar-refractivity contribution in [2.24, 2.45) is 0 Å². The first-order valence-corrected chi connectivity index (χ1v) is 9.95. The molecule has 3 aromatic rings. The average molecular weight is 450 g/mol. The number of rotatable bonds is 2. The first-order valence-electron chi connectivity index (χ1n) is 9.57. The molecule has 1 aliphatic carbocycles. The van der Waals surface area contributed by atoms with Gasteiger partial charge < -0.3 is 15.6 Å². The summed E-state index contributed by atoms with van der Waals surface area (Å²) in [6.45, 7) is 0. The molecule has 0 bridgehead atoms. The van der Waals surface area contributed by atoms with Gasteiger partial charge in [0.25, 0.3) is 11.5 Å². The van der Waals surface area contributed by atoms with Crippen LogP contribution in [0.1, 0.15) is 42.6 Å². The Hall–Kier alpha value is -2.78. The van der Waals surface area contributed by atoms with E-state index in [4.69, 9.17) is 11.6 Å². The van der Waals surface area contributed by atoms with Crippen LogP contribution in [0.4, 0.5) is 11.5 Å². The first kappa shape index (κ1) is 20.5. The normalized spacial score (nSPS) is 17.4. The van der Waals surface area contributed by atoms with E-state index in [0.717, 1.165) is 37.5 Å². The maximum atomic E-state index is 13.4. The number of aromatic nitrogens is 4. The van der Waals surface area contributed by atoms with Gasteiger partial charge in [-0.15, -0.1) is 12.4 Å². The van der Waals surface area contributed by atoms with E-state index < -0.39 is 5.66 Å². The van der Waals surface area contributed by atoms with Crippen molar-refractivity contribution in [3.05, 3.63) is 45.7 Å². The summed E-state index contributed by atoms with van der Waals surface area (Å²) >= 11 is 6.44. The summed E-state index contributed by atoms with van der Waals surface area (Å²) in [6, 6.07) is 3.30. The summed E-state index contributed by atoms with van der Waals surface area (Å²) < 4.78 is 1.39. The number of hydrogen-bond donors (Lipinski definition) is 3. The van der Waals surface area contributed by atoms with Gasteiger partial charge in [-0.05, 0) is 37.8 Å². The molecule has 1 saturated carbocycles. The van der Waals surface area contributed by atoms with Gasteiger partial charge in [-0.25, -0.2) is 14.6 Å². The zero-order chi connectivity index (χ0) is 20.2. The van der Waals surface area contributed by atoms with Crippen LogP contribution in [-0.2, 0) is 0 Å². The quantitative estimate of drug-likeness (QED) is 0.554. The fourth-order valence-corrected chi connectivity index (χ4v) is 4.66. The molecule has 1 aliphatic heterocycles. The van der Waals surface area contributed by atoms with Gasteiger partial charge in [-0.3, -0.25) is 14.6 Å². The third-order valence-electron chi connectivity index (χ3n) is 5.90. The number of carbonyl (C=O) groups excluding carboxylic acids is 1. The number of carbonyl (C=O) groups is 1. The highest BCUT2D eigenvalue weighted by atomic mass is 35.5. The Morgan fingerprint density at radius 3 is 2.73 bits per heavy atom. The van der Waals surface area contributed by atoms with Gasteiger partial charge in [0.15, 0.2) is 0 Å². The maximum absolute atomic E-state index is 13.4. The third-order valence-corrected chi connectivity index (χ3v) is 6.19. The van der Waals surface area contributed by atoms with Crippen LogP contribution in [0.15, 0.2) is 29.5 Å². The summed E-state index contributed by atoms with van der Waals surface area (Å²) in [5, 5.41) is 8.94. The summed E-state index contributed by atoms with van der Waals surface area (Å²) in [5.41, 5.74) is 0.123. The molecule has 0 saturated heterocycles. The highest BCUT2D eigenvalue weighted by Crippen LogP contribution is 2.34. The summed E-state index contributed by atoms with van der Waals surface area (Å²) in [6.07, 6.45) is 7.84. The fraction of sp³-hybridized carbons (Fsp3) is 0.368. The number of hydrogen-bond acceptors (Lipinski definition) is 6. The van der Waals surface area contributed by atoms with Crippen LogP contribution in [0.25, 0.3) is 11.0 Å². The molecule has 1 spiro atoms. The van der Waals surface area contributed by atoms with E-state index >= 15 is 0 Å². The number of nitrogens with zero attached hydrogens (tertiary/aromatic N) is 4. The number of anilines is 2. The molecule has 3 aromatic heterocycles. The van der Waals surface area contributed by atoms with Crippen LogP contribution in [0.2, 0.25) is 5.02 Å². The van der Waals surface area contributed by atoms with E-state index in [2.05, 4.69) is 25.6 Å². The lowest BCUT2D eigenvalue weighted by Gasteiger charge is -2.49. The number of pyridine rings is 1. The van der Waals surface area contributed by atoms with Crippen molar-refractivity contribution in [1.29, 1.82) is 0 Å². The lowest BCUT2D eigenvalue weighted by Crippen LogP contribution is -2.70. The minimum absolute atomic E-state index is 0. The highest BCUT2D eigenvalue weighted by molar-refractivity contribution is 6.34. The Morgan fingerprint density at radius 2 is 1.97 bits per heavy atom. The predicted molar refractivity (Wildman–Crippen MR) is 118 cm³/mol. The minimum atomic E-state index is -0.572. The molecule has 11 heteroatoms. The van der Waals surface area contributed by atoms with Crippen LogP contribution >= 0.6 is 24.0 Å². The summed E-state index contributed by atoms with van der Waals surface area (Å²) in [5.74, 6) is 0.161. The van der Waals surface area contributed by atoms with Gasteiger partial charge in [0.05, 0.1) is 10.4 Å². The predicted octanol–water partition coefficient (Wildman–Crippen LogP) is 2.91. The number of aromatic amines is 1. The molecule has 0 atom stereocenters. The van der Waals surface area contributed by atoms with Gasteiger partial charge in [0.2, 0.25) is 0 Å². The fourth-order valence-electron chi connectivity index (χ4n) is 4.38. The Kier molecular flexibility index (Phi) is 5.11. The maximum Gasteiger partial charge on any atom is 0.293 e. The van der Waals surface area contributed by atoms with Gasteiger partial charge in [0, 0.05) is 13.2 Å². The second-order valence-electron chi connectivity index (χ2n) is 7.53. The summed E-state index contributed by atoms with van der Waals surface area (Å²) in [7, 11) is 1.82. The molecular weight excluding hydrogens is 429 g/mol. The highest BCUT2D eigenvalue weighted by Gasteiger charge is 2.44. The molecule has 4 heterocycles. The van der Waals surface area contributed by atoms with E-state index in [0.29, 0.717) is 11.5 Å². The Labute approximate surface area is 183 Å². The number of H-pyrrole nitrogens is 1. The van der Waals surface area contributed by atoms with Crippen LogP contribution in [0.5, 0.6) is 0 Å². The molecular formula is C19H21Cl2N7O2. The average Bonchev–Trinajstić information content (AvgIpc) is 3.19. The van der Waals surface area contributed by atoms with Crippen LogP contribution in [0, 0.1) is 0 Å². The molecule has 0 radical (unpaired) electrons. The Morgan fingerprint density at radius 1 is 1.20 bits per heavy atom. The van der Waals surface area contributed by atoms with E-state index in [-0.39, 0.29) is 40.3 Å². The number of amides is 1. The number of fused-ring (bicyclic) bond motifs is 2. The molecule has 0 unspecified atom stereocenters. The lowest BCUT2D eigenvalue weighted by molar-refractivity contribution is 0.0775. The second kappa shape index (κ2) is 7.48. The molecule has 9 nitrogen and oxygen atoms in total. The molecule has 1 amide bonds. The molecule has 2 aliphatic rings. The Balaban J connectivity index is 0.00000218. The third kappa shape index (κ3) is 3.00. The van der Waals surface area contributed by atoms with Gasteiger partial charge in [-0.1, -0.05) is 18.0 Å². The SMILES string of the molecule is CN1n2c(c(Cl)cc(Nc3ncnc4[nH]ccc34)c2=O)C(=O)NC12CCCCC2.Cl. The molecule has 1 fully saturated rings. The van der Waals surface area contributed by atoms with Gasteiger partial charge in [0.1, 0.15) is 34.8 Å². The van der Waals surface area contributed by atoms with Crippen molar-refractivity contribution in [2.75, 3.05) is 17.4 Å². The standard InChI is InChI=1S/C19H20ClN7O2.ClH/c1-26-19(6-3-2-4-7-19)25-17(28)14-12(20)9-13(18(29)27(14)26)24-16-11-5-8-21-15(11)22-10-23-16;/h5,8-10H,2-4,6-7H2,1H3,(H,25,28)(H2,21,22,23,24);1H. The molecule has 158 valence electrons. The van der Waals surface area contributed by atoms with Crippen molar-refractivity contribution >= 4 is 52.5 Å². The van der Waals surface area contributed by atoms with Gasteiger partial charge in [-0.2, -0.15) is 0 Å². The Bertz CT molecular complexity index is 1180. The monoisotopic (exact) mass is 449 g/mol. The molecule has 5 rings (SSSR count). The zero-order valence-corrected chi connectivity index (χ0v) is 17.8. The summed E-state index contributed by atoms with van der Waals surface area (Å²) in [4.78, 5) is 37.7. The lowest BCUT2D eigenvalue weighted by atomic mass is 9.87. The zero-order valence-electron chi connectivity index (χ0n) is 16.2. The number of nitrogens with one attached hydrogen (secondary N) is 3. The minimum Gasteiger partial charge on any atom is -0.346 e. The largest absolute Gasteiger partial charge is 0.346 e. The number of halogens is 2. The van der Waals surface area contributed by atoms with Crippen LogP contribution in [-0.4, -0.2) is 38.2 Å². The van der Waals surface area contributed by atoms with Gasteiger partial charge >= 0.3 is 0 Å². The van der Waals surface area contributed by atoms with Crippen molar-refractivity contribution in [3.8, 4) is 0 Å². The van der Waals surface area contributed by atoms with Crippen molar-refractivity contribution in [2.45, 2.75) is 37.8 Å². The smallest absolute Gasteiger partial charge is 0.293 e. The van der Waals surface area contributed by atoms with E-state index in [9.17, 15) is 9.59 Å². The van der Waals surface area contributed by atoms with Crippen LogP contribution in [0.3, 0.4) is 0 Å². The van der Waals surface area contributed by atoms with E-state index in [1.807, 2.05) is 18.1 Å². The van der Waals surface area contributed by atoms with Crippen molar-refractivity contribution in [1.82, 2.24) is 24.9 Å². The van der Waals surface area contributed by atoms with Crippen molar-refractivity contribution < 1.29 is 4.79 Å². The van der Waals surface area contributed by atoms with Crippen molar-refractivity contribution in [3.63, 3.8) is 0 Å². The van der Waals surface area contributed by atoms with Crippen LogP contribution < -0.4 is 21.2 Å². The van der Waals surface area contributed by atoms with E-state index in [1.54, 1.807) is 6.20 Å². The first-order chi connectivity index (χ1) is 14.0. The topological polar surface area (TPSA) is 108 Å².